The zero-order valence-corrected chi connectivity index (χ0v) is 14.7. The average molecular weight is 318 g/mol. The minimum atomic E-state index is -0.580. The monoisotopic (exact) mass is 318 g/mol. The Hall–Kier alpha value is -1.25. The summed E-state index contributed by atoms with van der Waals surface area (Å²) in [5, 5.41) is 9.75. The van der Waals surface area contributed by atoms with E-state index in [0.717, 1.165) is 38.5 Å². The van der Waals surface area contributed by atoms with Crippen LogP contribution in [-0.2, 0) is 11.2 Å². The lowest BCUT2D eigenvalue weighted by Gasteiger charge is -2.60. The molecule has 1 heterocycles. The van der Waals surface area contributed by atoms with E-state index in [9.17, 15) is 9.90 Å². The van der Waals surface area contributed by atoms with Crippen molar-refractivity contribution in [2.45, 2.75) is 65.7 Å². The van der Waals surface area contributed by atoms with Gasteiger partial charge in [0, 0.05) is 0 Å². The van der Waals surface area contributed by atoms with Gasteiger partial charge >= 0.3 is 5.97 Å². The van der Waals surface area contributed by atoms with Gasteiger partial charge in [-0.15, -0.1) is 0 Å². The SMILES string of the molecule is C[C@@H]1CC[C@]2(C)[C@@H](CCC[C@@H]2C(=O)O)[C@@]1(C)CCc1ccoc1. The highest BCUT2D eigenvalue weighted by Crippen LogP contribution is 2.63. The quantitative estimate of drug-likeness (QED) is 0.834. The molecule has 2 saturated carbocycles. The Morgan fingerprint density at radius 2 is 2.13 bits per heavy atom. The third-order valence-corrected chi connectivity index (χ3v) is 7.45. The van der Waals surface area contributed by atoms with E-state index in [1.54, 1.807) is 6.26 Å². The molecule has 0 unspecified atom stereocenters. The molecular formula is C20H30O3. The lowest BCUT2D eigenvalue weighted by Crippen LogP contribution is -2.54. The first-order valence-corrected chi connectivity index (χ1v) is 9.12. The second kappa shape index (κ2) is 5.99. The number of carbonyl (C=O) groups is 1. The molecule has 23 heavy (non-hydrogen) atoms. The summed E-state index contributed by atoms with van der Waals surface area (Å²) in [6.45, 7) is 7.06. The van der Waals surface area contributed by atoms with E-state index in [4.69, 9.17) is 4.42 Å². The van der Waals surface area contributed by atoms with E-state index in [1.165, 1.54) is 12.0 Å². The number of hydrogen-bond acceptors (Lipinski definition) is 2. The van der Waals surface area contributed by atoms with Gasteiger partial charge in [0.25, 0.3) is 0 Å². The van der Waals surface area contributed by atoms with Crippen molar-refractivity contribution in [3.8, 4) is 0 Å². The Kier molecular flexibility index (Phi) is 4.33. The third-order valence-electron chi connectivity index (χ3n) is 7.45. The number of rotatable bonds is 4. The van der Waals surface area contributed by atoms with Gasteiger partial charge in [0.15, 0.2) is 0 Å². The zero-order valence-electron chi connectivity index (χ0n) is 14.7. The highest BCUT2D eigenvalue weighted by Gasteiger charge is 2.57. The Bertz CT molecular complexity index is 549. The van der Waals surface area contributed by atoms with Crippen molar-refractivity contribution in [3.63, 3.8) is 0 Å². The summed E-state index contributed by atoms with van der Waals surface area (Å²) in [6.07, 6.45) is 11.1. The van der Waals surface area contributed by atoms with E-state index in [-0.39, 0.29) is 16.7 Å². The highest BCUT2D eigenvalue weighted by molar-refractivity contribution is 5.71. The topological polar surface area (TPSA) is 50.4 Å². The van der Waals surface area contributed by atoms with Crippen molar-refractivity contribution in [1.29, 1.82) is 0 Å². The Morgan fingerprint density at radius 1 is 1.35 bits per heavy atom. The van der Waals surface area contributed by atoms with Crippen LogP contribution in [0.5, 0.6) is 0 Å². The molecule has 1 N–H and O–H groups in total. The van der Waals surface area contributed by atoms with Crippen molar-refractivity contribution in [3.05, 3.63) is 24.2 Å². The molecule has 3 nitrogen and oxygen atoms in total. The summed E-state index contributed by atoms with van der Waals surface area (Å²) < 4.78 is 5.21. The molecule has 1 aromatic heterocycles. The molecule has 128 valence electrons. The molecule has 1 aromatic rings. The van der Waals surface area contributed by atoms with Crippen LogP contribution in [-0.4, -0.2) is 11.1 Å². The Balaban J connectivity index is 1.86. The van der Waals surface area contributed by atoms with Gasteiger partial charge in [0.05, 0.1) is 18.4 Å². The highest BCUT2D eigenvalue weighted by atomic mass is 16.4. The molecule has 0 radical (unpaired) electrons. The van der Waals surface area contributed by atoms with E-state index in [1.807, 2.05) is 6.26 Å². The molecule has 5 atom stereocenters. The number of aliphatic carboxylic acids is 1. The number of carboxylic acid groups (broad SMARTS) is 1. The predicted octanol–water partition coefficient (Wildman–Crippen LogP) is 5.16. The number of furan rings is 1. The van der Waals surface area contributed by atoms with Gasteiger partial charge in [-0.2, -0.15) is 0 Å². The smallest absolute Gasteiger partial charge is 0.307 e. The first-order valence-electron chi connectivity index (χ1n) is 9.12. The molecular weight excluding hydrogens is 288 g/mol. The summed E-state index contributed by atoms with van der Waals surface area (Å²) in [7, 11) is 0. The molecule has 3 rings (SSSR count). The largest absolute Gasteiger partial charge is 0.481 e. The number of carboxylic acids is 1. The van der Waals surface area contributed by atoms with Crippen LogP contribution in [0.3, 0.4) is 0 Å². The Morgan fingerprint density at radius 3 is 2.78 bits per heavy atom. The normalized spacial score (nSPS) is 40.6. The standard InChI is InChI=1S/C20H30O3/c1-14-7-10-20(3)16(18(21)22)5-4-6-17(20)19(14,2)11-8-15-9-12-23-13-15/h9,12-14,16-17H,4-8,10-11H2,1-3H3,(H,21,22)/t14-,16-,17+,19+,20+/m1/s1. The van der Waals surface area contributed by atoms with Crippen LogP contribution in [0.2, 0.25) is 0 Å². The minimum Gasteiger partial charge on any atom is -0.481 e. The van der Waals surface area contributed by atoms with Crippen LogP contribution in [0.25, 0.3) is 0 Å². The van der Waals surface area contributed by atoms with Crippen LogP contribution >= 0.6 is 0 Å². The Labute approximate surface area is 139 Å². The number of fused-ring (bicyclic) bond motifs is 1. The second-order valence-electron chi connectivity index (χ2n) is 8.46. The molecule has 0 saturated heterocycles. The first kappa shape index (κ1) is 16.6. The van der Waals surface area contributed by atoms with Gasteiger partial charge in [0.2, 0.25) is 0 Å². The number of aryl methyl sites for hydroxylation is 1. The van der Waals surface area contributed by atoms with E-state index >= 15 is 0 Å². The summed E-state index contributed by atoms with van der Waals surface area (Å²) in [5.74, 6) is 0.423. The van der Waals surface area contributed by atoms with Crippen LogP contribution in [0, 0.1) is 28.6 Å². The third kappa shape index (κ3) is 2.72. The average Bonchev–Trinajstić information content (AvgIpc) is 3.02. The van der Waals surface area contributed by atoms with Crippen molar-refractivity contribution < 1.29 is 14.3 Å². The summed E-state index contributed by atoms with van der Waals surface area (Å²) >= 11 is 0. The van der Waals surface area contributed by atoms with Crippen molar-refractivity contribution in [1.82, 2.24) is 0 Å². The molecule has 0 amide bonds. The number of hydrogen-bond donors (Lipinski definition) is 1. The van der Waals surface area contributed by atoms with Crippen LogP contribution in [0.4, 0.5) is 0 Å². The fourth-order valence-electron chi connectivity index (χ4n) is 5.74. The predicted molar refractivity (Wildman–Crippen MR) is 90.1 cm³/mol. The molecule has 0 bridgehead atoms. The van der Waals surface area contributed by atoms with Crippen LogP contribution in [0.15, 0.2) is 23.0 Å². The molecule has 2 fully saturated rings. The maximum absolute atomic E-state index is 11.8. The van der Waals surface area contributed by atoms with Crippen molar-refractivity contribution >= 4 is 5.97 Å². The van der Waals surface area contributed by atoms with Crippen LogP contribution < -0.4 is 0 Å². The van der Waals surface area contributed by atoms with Crippen molar-refractivity contribution in [2.75, 3.05) is 0 Å². The molecule has 0 aliphatic heterocycles. The van der Waals surface area contributed by atoms with Gasteiger partial charge in [-0.3, -0.25) is 4.79 Å². The van der Waals surface area contributed by atoms with Gasteiger partial charge in [-0.05, 0) is 72.8 Å². The zero-order chi connectivity index (χ0) is 16.7. The van der Waals surface area contributed by atoms with Crippen molar-refractivity contribution in [2.24, 2.45) is 28.6 Å². The lowest BCUT2D eigenvalue weighted by atomic mass is 9.44. The fourth-order valence-corrected chi connectivity index (χ4v) is 5.74. The fraction of sp³-hybridized carbons (Fsp3) is 0.750. The summed E-state index contributed by atoms with van der Waals surface area (Å²) in [4.78, 5) is 11.8. The van der Waals surface area contributed by atoms with Gasteiger partial charge in [-0.1, -0.05) is 27.2 Å². The molecule has 3 heteroatoms. The molecule has 0 spiro atoms. The van der Waals surface area contributed by atoms with Crippen LogP contribution in [0.1, 0.15) is 64.9 Å². The molecule has 2 aliphatic rings. The van der Waals surface area contributed by atoms with Gasteiger partial charge in [-0.25, -0.2) is 0 Å². The second-order valence-corrected chi connectivity index (χ2v) is 8.46. The molecule has 2 aliphatic carbocycles. The van der Waals surface area contributed by atoms with E-state index in [2.05, 4.69) is 26.8 Å². The summed E-state index contributed by atoms with van der Waals surface area (Å²) in [6, 6.07) is 2.05. The maximum Gasteiger partial charge on any atom is 0.307 e. The minimum absolute atomic E-state index is 0.0399. The van der Waals surface area contributed by atoms with E-state index in [0.29, 0.717) is 11.8 Å². The maximum atomic E-state index is 11.8. The van der Waals surface area contributed by atoms with E-state index < -0.39 is 5.97 Å². The van der Waals surface area contributed by atoms with Gasteiger partial charge < -0.3 is 9.52 Å². The summed E-state index contributed by atoms with van der Waals surface area (Å²) in [5.41, 5.74) is 1.44. The van der Waals surface area contributed by atoms with Gasteiger partial charge in [0.1, 0.15) is 0 Å². The first-order chi connectivity index (χ1) is 10.9. The lowest BCUT2D eigenvalue weighted by molar-refractivity contribution is -0.164. The molecule has 0 aromatic carbocycles.